The Kier molecular flexibility index (Phi) is 3.92. The largest absolute Gasteiger partial charge is 0.454 e. The summed E-state index contributed by atoms with van der Waals surface area (Å²) < 4.78 is 37.3. The van der Waals surface area contributed by atoms with Gasteiger partial charge in [0.15, 0.2) is 23.1 Å². The lowest BCUT2D eigenvalue weighted by Gasteiger charge is -2.12. The van der Waals surface area contributed by atoms with Crippen LogP contribution in [0.1, 0.15) is 0 Å². The van der Waals surface area contributed by atoms with E-state index in [4.69, 9.17) is 9.47 Å². The lowest BCUT2D eigenvalue weighted by Crippen LogP contribution is -2.29. The maximum atomic E-state index is 11.7. The predicted octanol–water partition coefficient (Wildman–Crippen LogP) is 1.17. The minimum Gasteiger partial charge on any atom is -0.454 e. The van der Waals surface area contributed by atoms with Crippen LogP contribution in [0.15, 0.2) is 30.3 Å². The molecular weight excluding hydrogens is 322 g/mol. The summed E-state index contributed by atoms with van der Waals surface area (Å²) in [6, 6.07) is 8.52. The summed E-state index contributed by atoms with van der Waals surface area (Å²) >= 11 is 0. The molecule has 1 aromatic heterocycles. The van der Waals surface area contributed by atoms with E-state index < -0.39 is 10.2 Å². The van der Waals surface area contributed by atoms with Gasteiger partial charge in [0.25, 0.3) is 0 Å². The molecule has 3 rings (SSSR count). The Bertz CT molecular complexity index is 808. The van der Waals surface area contributed by atoms with Crippen molar-refractivity contribution in [2.45, 2.75) is 0 Å². The Morgan fingerprint density at radius 1 is 1.04 bits per heavy atom. The number of aromatic nitrogens is 2. The van der Waals surface area contributed by atoms with Gasteiger partial charge in [-0.1, -0.05) is 0 Å². The van der Waals surface area contributed by atoms with Crippen LogP contribution in [0.2, 0.25) is 0 Å². The standard InChI is InChI=1S/C13H15N5O4S/c1-18(2)23(19,20)17-13-6-5-12(15-16-13)14-9-3-4-10-11(7-9)22-8-21-10/h3-7H,8H2,1-2H3,(H,14,15)(H,16,17). The Hall–Kier alpha value is -2.59. The minimum atomic E-state index is -3.60. The fourth-order valence-electron chi connectivity index (χ4n) is 1.80. The smallest absolute Gasteiger partial charge is 0.302 e. The SMILES string of the molecule is CN(C)S(=O)(=O)Nc1ccc(Nc2ccc3c(c2)OCO3)nn1. The highest BCUT2D eigenvalue weighted by Gasteiger charge is 2.15. The van der Waals surface area contributed by atoms with Crippen molar-refractivity contribution >= 4 is 27.5 Å². The van der Waals surface area contributed by atoms with Gasteiger partial charge >= 0.3 is 10.2 Å². The first-order valence-corrected chi connectivity index (χ1v) is 8.09. The van der Waals surface area contributed by atoms with Crippen molar-refractivity contribution in [3.8, 4) is 11.5 Å². The van der Waals surface area contributed by atoms with Crippen LogP contribution in [0, 0.1) is 0 Å². The van der Waals surface area contributed by atoms with E-state index in [0.29, 0.717) is 17.3 Å². The van der Waals surface area contributed by atoms with Gasteiger partial charge in [-0.15, -0.1) is 10.2 Å². The highest BCUT2D eigenvalue weighted by molar-refractivity contribution is 7.90. The van der Waals surface area contributed by atoms with Gasteiger partial charge < -0.3 is 14.8 Å². The topological polar surface area (TPSA) is 106 Å². The van der Waals surface area contributed by atoms with Crippen molar-refractivity contribution in [1.82, 2.24) is 14.5 Å². The second kappa shape index (κ2) is 5.89. The highest BCUT2D eigenvalue weighted by atomic mass is 32.2. The van der Waals surface area contributed by atoms with Crippen LogP contribution in [0.5, 0.6) is 11.5 Å². The van der Waals surface area contributed by atoms with Gasteiger partial charge in [-0.2, -0.15) is 12.7 Å². The molecule has 2 aromatic rings. The van der Waals surface area contributed by atoms with Gasteiger partial charge in [0.05, 0.1) is 0 Å². The van der Waals surface area contributed by atoms with Gasteiger partial charge in [-0.25, -0.2) is 0 Å². The molecule has 23 heavy (non-hydrogen) atoms. The molecule has 0 unspecified atom stereocenters. The zero-order valence-corrected chi connectivity index (χ0v) is 13.3. The van der Waals surface area contributed by atoms with Gasteiger partial charge in [0.2, 0.25) is 6.79 Å². The Labute approximate surface area is 133 Å². The number of nitrogens with one attached hydrogen (secondary N) is 2. The molecule has 0 saturated heterocycles. The van der Waals surface area contributed by atoms with Crippen LogP contribution in [0.25, 0.3) is 0 Å². The third-order valence-electron chi connectivity index (χ3n) is 3.02. The number of rotatable bonds is 5. The van der Waals surface area contributed by atoms with Crippen molar-refractivity contribution < 1.29 is 17.9 Å². The number of hydrogen-bond acceptors (Lipinski definition) is 7. The molecule has 9 nitrogen and oxygen atoms in total. The summed E-state index contributed by atoms with van der Waals surface area (Å²) in [5.74, 6) is 1.94. The Morgan fingerprint density at radius 2 is 1.74 bits per heavy atom. The Balaban J connectivity index is 1.70. The van der Waals surface area contributed by atoms with E-state index in [-0.39, 0.29) is 12.6 Å². The molecule has 0 radical (unpaired) electrons. The first-order chi connectivity index (χ1) is 10.9. The second-order valence-electron chi connectivity index (χ2n) is 4.89. The van der Waals surface area contributed by atoms with Crippen molar-refractivity contribution in [2.24, 2.45) is 0 Å². The fourth-order valence-corrected chi connectivity index (χ4v) is 2.35. The molecule has 0 spiro atoms. The number of ether oxygens (including phenoxy) is 2. The summed E-state index contributed by atoms with van der Waals surface area (Å²) in [5.41, 5.74) is 0.755. The predicted molar refractivity (Wildman–Crippen MR) is 84.1 cm³/mol. The summed E-state index contributed by atoms with van der Waals surface area (Å²) in [4.78, 5) is 0. The van der Waals surface area contributed by atoms with Crippen molar-refractivity contribution in [2.75, 3.05) is 30.9 Å². The zero-order valence-electron chi connectivity index (χ0n) is 12.5. The fraction of sp³-hybridized carbons (Fsp3) is 0.231. The average molecular weight is 337 g/mol. The first-order valence-electron chi connectivity index (χ1n) is 6.65. The van der Waals surface area contributed by atoms with Gasteiger partial charge in [-0.05, 0) is 24.3 Å². The van der Waals surface area contributed by atoms with Crippen molar-refractivity contribution in [3.63, 3.8) is 0 Å². The van der Waals surface area contributed by atoms with Gasteiger partial charge in [-0.3, -0.25) is 4.72 Å². The van der Waals surface area contributed by atoms with E-state index in [1.54, 1.807) is 18.2 Å². The first kappa shape index (κ1) is 15.3. The molecule has 2 N–H and O–H groups in total. The van der Waals surface area contributed by atoms with E-state index in [0.717, 1.165) is 9.99 Å². The van der Waals surface area contributed by atoms with Crippen LogP contribution in [0.3, 0.4) is 0 Å². The van der Waals surface area contributed by atoms with Crippen LogP contribution >= 0.6 is 0 Å². The lowest BCUT2D eigenvalue weighted by molar-refractivity contribution is 0.174. The number of anilines is 3. The molecule has 0 bridgehead atoms. The molecule has 1 aromatic carbocycles. The third kappa shape index (κ3) is 3.43. The average Bonchev–Trinajstić information content (AvgIpc) is 2.96. The van der Waals surface area contributed by atoms with E-state index >= 15 is 0 Å². The van der Waals surface area contributed by atoms with E-state index in [2.05, 4.69) is 20.2 Å². The molecule has 122 valence electrons. The Morgan fingerprint density at radius 3 is 2.43 bits per heavy atom. The normalized spacial score (nSPS) is 13.2. The molecule has 0 saturated carbocycles. The van der Waals surface area contributed by atoms with Gasteiger partial charge in [0, 0.05) is 25.8 Å². The molecular formula is C13H15N5O4S. The molecule has 1 aliphatic rings. The molecule has 0 amide bonds. The van der Waals surface area contributed by atoms with Crippen molar-refractivity contribution in [1.29, 1.82) is 0 Å². The molecule has 0 aliphatic carbocycles. The van der Waals surface area contributed by atoms with Crippen LogP contribution in [0.4, 0.5) is 17.3 Å². The molecule has 10 heteroatoms. The monoisotopic (exact) mass is 337 g/mol. The van der Waals surface area contributed by atoms with E-state index in [1.165, 1.54) is 20.2 Å². The summed E-state index contributed by atoms with van der Waals surface area (Å²) in [6.45, 7) is 0.208. The quantitative estimate of drug-likeness (QED) is 0.843. The summed E-state index contributed by atoms with van der Waals surface area (Å²) in [6.07, 6.45) is 0. The van der Waals surface area contributed by atoms with E-state index in [1.807, 2.05) is 6.07 Å². The van der Waals surface area contributed by atoms with Gasteiger partial charge in [0.1, 0.15) is 0 Å². The minimum absolute atomic E-state index is 0.134. The zero-order chi connectivity index (χ0) is 16.4. The second-order valence-corrected chi connectivity index (χ2v) is 6.77. The maximum Gasteiger partial charge on any atom is 0.302 e. The molecule has 0 atom stereocenters. The highest BCUT2D eigenvalue weighted by Crippen LogP contribution is 2.34. The van der Waals surface area contributed by atoms with Crippen LogP contribution in [-0.4, -0.2) is 43.8 Å². The lowest BCUT2D eigenvalue weighted by atomic mass is 10.3. The number of nitrogens with zero attached hydrogens (tertiary/aromatic N) is 3. The number of fused-ring (bicyclic) bond motifs is 1. The third-order valence-corrected chi connectivity index (χ3v) is 4.45. The number of hydrogen-bond donors (Lipinski definition) is 2. The number of benzene rings is 1. The van der Waals surface area contributed by atoms with Crippen molar-refractivity contribution in [3.05, 3.63) is 30.3 Å². The molecule has 0 fully saturated rings. The molecule has 2 heterocycles. The van der Waals surface area contributed by atoms with E-state index in [9.17, 15) is 8.42 Å². The maximum absolute atomic E-state index is 11.7. The van der Waals surface area contributed by atoms with Crippen LogP contribution in [-0.2, 0) is 10.2 Å². The summed E-state index contributed by atoms with van der Waals surface area (Å²) in [5, 5.41) is 10.8. The molecule has 1 aliphatic heterocycles. The van der Waals surface area contributed by atoms with Crippen LogP contribution < -0.4 is 19.5 Å². The summed E-state index contributed by atoms with van der Waals surface area (Å²) in [7, 11) is -0.756.